The maximum absolute atomic E-state index is 11.3. The second-order valence-corrected chi connectivity index (χ2v) is 4.24. The molecule has 0 aromatic heterocycles. The Labute approximate surface area is 125 Å². The molecule has 0 saturated carbocycles. The third-order valence-electron chi connectivity index (χ3n) is 2.59. The van der Waals surface area contributed by atoms with E-state index in [9.17, 15) is 9.59 Å². The topological polar surface area (TPSA) is 89.0 Å². The third kappa shape index (κ3) is 9.35. The lowest BCUT2D eigenvalue weighted by Crippen LogP contribution is -2.28. The molecule has 0 saturated heterocycles. The first-order chi connectivity index (χ1) is 10.2. The highest BCUT2D eigenvalue weighted by Crippen LogP contribution is 2.02. The van der Waals surface area contributed by atoms with Crippen molar-refractivity contribution in [3.63, 3.8) is 0 Å². The molecule has 0 radical (unpaired) electrons. The second kappa shape index (κ2) is 12.8. The van der Waals surface area contributed by atoms with E-state index in [2.05, 4.69) is 16.5 Å². The predicted octanol–water partition coefficient (Wildman–Crippen LogP) is 2.46. The van der Waals surface area contributed by atoms with Gasteiger partial charge in [-0.1, -0.05) is 44.4 Å². The van der Waals surface area contributed by atoms with Crippen molar-refractivity contribution in [2.75, 3.05) is 13.7 Å². The van der Waals surface area contributed by atoms with Crippen molar-refractivity contribution >= 4 is 17.7 Å². The number of nitrogens with zero attached hydrogens (tertiary/aromatic N) is 2. The Morgan fingerprint density at radius 1 is 1.10 bits per heavy atom. The number of hydrogen-bond acceptors (Lipinski definition) is 4. The van der Waals surface area contributed by atoms with Crippen molar-refractivity contribution in [3.05, 3.63) is 29.8 Å². The van der Waals surface area contributed by atoms with Gasteiger partial charge in [-0.25, -0.2) is 9.59 Å². The van der Waals surface area contributed by atoms with Gasteiger partial charge in [0, 0.05) is 0 Å². The van der Waals surface area contributed by atoms with E-state index in [1.165, 1.54) is 25.7 Å². The summed E-state index contributed by atoms with van der Waals surface area (Å²) in [6.07, 6.45) is 13.2. The summed E-state index contributed by atoms with van der Waals surface area (Å²) in [6, 6.07) is 0. The number of esters is 2. The monoisotopic (exact) mass is 294 g/mol. The standard InChI is InChI=1S/C15H22N2O4/c1-3-4-5-6-7-8-9-10-11-12-21-15(19)13(17-16)14(18)20-2/h8-11H,3-7,12H2,1-2H3. The highest BCUT2D eigenvalue weighted by Gasteiger charge is 2.32. The highest BCUT2D eigenvalue weighted by atomic mass is 16.5. The Kier molecular flexibility index (Phi) is 11.5. The Morgan fingerprint density at radius 3 is 2.43 bits per heavy atom. The SMILES string of the molecule is CCCCCCC=CC=CCOC(=O)C(=[N+]=[N-])C(=O)OC. The van der Waals surface area contributed by atoms with E-state index in [0.29, 0.717) is 0 Å². The van der Waals surface area contributed by atoms with Crippen molar-refractivity contribution in [2.45, 2.75) is 39.0 Å². The van der Waals surface area contributed by atoms with Crippen molar-refractivity contribution < 1.29 is 23.9 Å². The van der Waals surface area contributed by atoms with Crippen LogP contribution in [0.1, 0.15) is 39.0 Å². The molecule has 0 rings (SSSR count). The second-order valence-electron chi connectivity index (χ2n) is 4.24. The predicted molar refractivity (Wildman–Crippen MR) is 78.6 cm³/mol. The molecule has 0 aromatic rings. The number of ether oxygens (including phenoxy) is 2. The van der Waals surface area contributed by atoms with E-state index in [-0.39, 0.29) is 6.61 Å². The van der Waals surface area contributed by atoms with Crippen LogP contribution in [0.15, 0.2) is 24.3 Å². The lowest BCUT2D eigenvalue weighted by molar-refractivity contribution is -0.147. The first-order valence-electron chi connectivity index (χ1n) is 6.96. The Balaban J connectivity index is 3.90. The summed E-state index contributed by atoms with van der Waals surface area (Å²) in [7, 11) is 1.08. The van der Waals surface area contributed by atoms with Gasteiger partial charge < -0.3 is 15.0 Å². The molecule has 0 aromatic carbocycles. The minimum atomic E-state index is -1.04. The van der Waals surface area contributed by atoms with Gasteiger partial charge in [-0.15, -0.1) is 0 Å². The fraction of sp³-hybridized carbons (Fsp3) is 0.533. The first kappa shape index (κ1) is 18.8. The van der Waals surface area contributed by atoms with Crippen molar-refractivity contribution in [1.82, 2.24) is 0 Å². The fourth-order valence-electron chi connectivity index (χ4n) is 1.45. The van der Waals surface area contributed by atoms with E-state index in [4.69, 9.17) is 10.3 Å². The zero-order valence-corrected chi connectivity index (χ0v) is 12.6. The summed E-state index contributed by atoms with van der Waals surface area (Å²) in [5, 5.41) is 0. The van der Waals surface area contributed by atoms with Crippen LogP contribution >= 0.6 is 0 Å². The molecule has 21 heavy (non-hydrogen) atoms. The van der Waals surface area contributed by atoms with Crippen LogP contribution in [0.4, 0.5) is 0 Å². The maximum atomic E-state index is 11.3. The quantitative estimate of drug-likeness (QED) is 0.118. The van der Waals surface area contributed by atoms with E-state index in [0.717, 1.165) is 13.5 Å². The van der Waals surface area contributed by atoms with E-state index in [1.54, 1.807) is 12.2 Å². The average molecular weight is 294 g/mol. The average Bonchev–Trinajstić information content (AvgIpc) is 2.49. The minimum Gasteiger partial charge on any atom is -0.460 e. The van der Waals surface area contributed by atoms with Crippen LogP contribution < -0.4 is 0 Å². The molecule has 0 aliphatic heterocycles. The van der Waals surface area contributed by atoms with E-state index < -0.39 is 17.7 Å². The van der Waals surface area contributed by atoms with Crippen LogP contribution in [0, 0.1) is 0 Å². The highest BCUT2D eigenvalue weighted by molar-refractivity contribution is 6.60. The fourth-order valence-corrected chi connectivity index (χ4v) is 1.45. The van der Waals surface area contributed by atoms with Gasteiger partial charge in [0.15, 0.2) is 0 Å². The van der Waals surface area contributed by atoms with Crippen LogP contribution in [0.3, 0.4) is 0 Å². The third-order valence-corrected chi connectivity index (χ3v) is 2.59. The minimum absolute atomic E-state index is 0.0188. The van der Waals surface area contributed by atoms with Gasteiger partial charge in [-0.05, 0) is 18.9 Å². The van der Waals surface area contributed by atoms with Crippen LogP contribution in [0.2, 0.25) is 0 Å². The van der Waals surface area contributed by atoms with Gasteiger partial charge in [0.2, 0.25) is 0 Å². The molecule has 0 N–H and O–H groups in total. The summed E-state index contributed by atoms with van der Waals surface area (Å²) in [5.41, 5.74) is 7.74. The van der Waals surface area contributed by atoms with Gasteiger partial charge in [0.25, 0.3) is 0 Å². The zero-order valence-electron chi connectivity index (χ0n) is 12.6. The lowest BCUT2D eigenvalue weighted by Gasteiger charge is -1.96. The van der Waals surface area contributed by atoms with Gasteiger partial charge in [0.1, 0.15) is 6.61 Å². The Morgan fingerprint density at radius 2 is 1.81 bits per heavy atom. The maximum Gasteiger partial charge on any atom is 0.482 e. The van der Waals surface area contributed by atoms with Crippen molar-refractivity contribution in [1.29, 1.82) is 0 Å². The number of allylic oxidation sites excluding steroid dienone is 3. The molecule has 0 fully saturated rings. The van der Waals surface area contributed by atoms with Gasteiger partial charge in [-0.2, -0.15) is 4.79 Å². The number of unbranched alkanes of at least 4 members (excludes halogenated alkanes) is 4. The van der Waals surface area contributed by atoms with Crippen LogP contribution in [-0.4, -0.2) is 36.2 Å². The smallest absolute Gasteiger partial charge is 0.460 e. The molecule has 116 valence electrons. The van der Waals surface area contributed by atoms with Crippen molar-refractivity contribution in [3.8, 4) is 0 Å². The van der Waals surface area contributed by atoms with Gasteiger partial charge in [-0.3, -0.25) is 0 Å². The zero-order chi connectivity index (χ0) is 15.9. The van der Waals surface area contributed by atoms with Crippen LogP contribution in [0.25, 0.3) is 5.53 Å². The Hall–Kier alpha value is -2.20. The molecule has 0 spiro atoms. The van der Waals surface area contributed by atoms with Crippen molar-refractivity contribution in [2.24, 2.45) is 0 Å². The largest absolute Gasteiger partial charge is 0.482 e. The van der Waals surface area contributed by atoms with Crippen LogP contribution in [0.5, 0.6) is 0 Å². The molecule has 0 aliphatic rings. The number of hydrogen-bond donors (Lipinski definition) is 0. The number of carbonyl (C=O) groups excluding carboxylic acids is 2. The molecule has 0 amide bonds. The molecule has 6 heteroatoms. The first-order valence-corrected chi connectivity index (χ1v) is 6.96. The molecular formula is C15H22N2O4. The molecule has 0 heterocycles. The lowest BCUT2D eigenvalue weighted by atomic mass is 10.1. The van der Waals surface area contributed by atoms with Crippen LogP contribution in [-0.2, 0) is 19.1 Å². The summed E-state index contributed by atoms with van der Waals surface area (Å²) in [5.74, 6) is -2.07. The molecule has 0 aliphatic carbocycles. The Bertz CT molecular complexity index is 435. The summed E-state index contributed by atoms with van der Waals surface area (Å²) >= 11 is 0. The number of methoxy groups -OCH3 is 1. The molecule has 6 nitrogen and oxygen atoms in total. The van der Waals surface area contributed by atoms with Gasteiger partial charge in [0.05, 0.1) is 7.11 Å². The summed E-state index contributed by atoms with van der Waals surface area (Å²) < 4.78 is 8.99. The normalized spacial score (nSPS) is 10.6. The molecular weight excluding hydrogens is 272 g/mol. The summed E-state index contributed by atoms with van der Waals surface area (Å²) in [6.45, 7) is 2.15. The van der Waals surface area contributed by atoms with E-state index in [1.807, 2.05) is 12.2 Å². The molecule has 0 unspecified atom stereocenters. The molecule has 0 atom stereocenters. The van der Waals surface area contributed by atoms with Gasteiger partial charge >= 0.3 is 17.7 Å². The summed E-state index contributed by atoms with van der Waals surface area (Å²) in [4.78, 5) is 24.9. The van der Waals surface area contributed by atoms with E-state index >= 15 is 0 Å². The number of carbonyl (C=O) groups is 2. The number of rotatable bonds is 10. The molecule has 0 bridgehead atoms.